The van der Waals surface area contributed by atoms with Gasteiger partial charge in [0.15, 0.2) is 5.17 Å². The molecule has 4 N–H and O–H groups in total. The van der Waals surface area contributed by atoms with Crippen LogP contribution in [0.1, 0.15) is 25.7 Å². The molecule has 0 aromatic heterocycles. The topological polar surface area (TPSA) is 70.1 Å². The Morgan fingerprint density at radius 2 is 1.91 bits per heavy atom. The molecule has 0 unspecified atom stereocenters. The summed E-state index contributed by atoms with van der Waals surface area (Å²) in [5, 5.41) is 15.6. The lowest BCUT2D eigenvalue weighted by Crippen LogP contribution is -2.04. The van der Waals surface area contributed by atoms with E-state index in [1.165, 1.54) is 11.8 Å². The van der Waals surface area contributed by atoms with Gasteiger partial charge in [0.25, 0.3) is 0 Å². The molecular weight excluding hydrogens is 160 g/mol. The van der Waals surface area contributed by atoms with Crippen molar-refractivity contribution in [1.82, 2.24) is 0 Å². The van der Waals surface area contributed by atoms with Gasteiger partial charge in [-0.15, -0.1) is 0 Å². The van der Waals surface area contributed by atoms with Crippen LogP contribution in [0.5, 0.6) is 0 Å². The molecule has 0 atom stereocenters. The van der Waals surface area contributed by atoms with Gasteiger partial charge in [0.1, 0.15) is 0 Å². The van der Waals surface area contributed by atoms with Crippen molar-refractivity contribution in [3.63, 3.8) is 0 Å². The van der Waals surface area contributed by atoms with Crippen LogP contribution in [0.3, 0.4) is 0 Å². The Morgan fingerprint density at radius 3 is 2.45 bits per heavy atom. The van der Waals surface area contributed by atoms with Crippen molar-refractivity contribution in [1.29, 1.82) is 5.41 Å². The molecule has 0 saturated carbocycles. The molecule has 0 bridgehead atoms. The predicted octanol–water partition coefficient (Wildman–Crippen LogP) is 1.17. The lowest BCUT2D eigenvalue weighted by molar-refractivity contribution is 0.283. The third kappa shape index (κ3) is 9.78. The SMILES string of the molecule is N=C(N)SCCCCCCO. The number of hydrogen-bond acceptors (Lipinski definition) is 3. The number of aliphatic hydroxyl groups is 1. The molecule has 0 heterocycles. The van der Waals surface area contributed by atoms with Gasteiger partial charge in [-0.05, 0) is 12.8 Å². The lowest BCUT2D eigenvalue weighted by Gasteiger charge is -1.98. The van der Waals surface area contributed by atoms with E-state index in [1.54, 1.807) is 0 Å². The van der Waals surface area contributed by atoms with Crippen LogP contribution in [0.2, 0.25) is 0 Å². The minimum atomic E-state index is 0.201. The molecule has 0 aliphatic heterocycles. The van der Waals surface area contributed by atoms with Gasteiger partial charge in [0.05, 0.1) is 0 Å². The number of unbranched alkanes of at least 4 members (excludes halogenated alkanes) is 3. The molecule has 4 heteroatoms. The molecule has 11 heavy (non-hydrogen) atoms. The normalized spacial score (nSPS) is 9.91. The van der Waals surface area contributed by atoms with Gasteiger partial charge >= 0.3 is 0 Å². The summed E-state index contributed by atoms with van der Waals surface area (Å²) in [6, 6.07) is 0. The Labute approximate surface area is 71.9 Å². The van der Waals surface area contributed by atoms with Crippen molar-refractivity contribution < 1.29 is 5.11 Å². The number of rotatable bonds is 6. The van der Waals surface area contributed by atoms with Gasteiger partial charge < -0.3 is 10.8 Å². The molecule has 0 radical (unpaired) electrons. The zero-order chi connectivity index (χ0) is 8.53. The average Bonchev–Trinajstić information content (AvgIpc) is 1.96. The second-order valence-corrected chi connectivity index (χ2v) is 3.49. The Hall–Kier alpha value is -0.220. The first-order chi connectivity index (χ1) is 5.27. The van der Waals surface area contributed by atoms with Gasteiger partial charge in [0, 0.05) is 12.4 Å². The monoisotopic (exact) mass is 176 g/mol. The summed E-state index contributed by atoms with van der Waals surface area (Å²) in [6.45, 7) is 0.292. The molecule has 66 valence electrons. The van der Waals surface area contributed by atoms with Crippen molar-refractivity contribution in [3.8, 4) is 0 Å². The fraction of sp³-hybridized carbons (Fsp3) is 0.857. The Kier molecular flexibility index (Phi) is 7.72. The molecule has 0 saturated heterocycles. The van der Waals surface area contributed by atoms with Crippen molar-refractivity contribution in [2.75, 3.05) is 12.4 Å². The number of aliphatic hydroxyl groups excluding tert-OH is 1. The Bertz CT molecular complexity index is 109. The molecule has 0 aliphatic carbocycles. The first kappa shape index (κ1) is 10.8. The van der Waals surface area contributed by atoms with E-state index >= 15 is 0 Å². The standard InChI is InChI=1S/C7H16N2OS/c8-7(9)11-6-4-2-1-3-5-10/h10H,1-6H2,(H3,8,9). The summed E-state index contributed by atoms with van der Waals surface area (Å²) in [5.74, 6) is 0.931. The van der Waals surface area contributed by atoms with Crippen LogP contribution in [-0.2, 0) is 0 Å². The van der Waals surface area contributed by atoms with Crippen LogP contribution in [0, 0.1) is 5.41 Å². The minimum absolute atomic E-state index is 0.201. The highest BCUT2D eigenvalue weighted by Crippen LogP contribution is 2.06. The maximum absolute atomic E-state index is 8.45. The molecule has 0 amide bonds. The molecule has 0 aromatic carbocycles. The van der Waals surface area contributed by atoms with E-state index in [9.17, 15) is 0 Å². The molecule has 0 fully saturated rings. The zero-order valence-corrected chi connectivity index (χ0v) is 7.49. The summed E-state index contributed by atoms with van der Waals surface area (Å²) in [6.07, 6.45) is 4.19. The zero-order valence-electron chi connectivity index (χ0n) is 6.68. The van der Waals surface area contributed by atoms with E-state index in [2.05, 4.69) is 0 Å². The molecule has 0 spiro atoms. The summed E-state index contributed by atoms with van der Waals surface area (Å²) in [4.78, 5) is 0. The highest BCUT2D eigenvalue weighted by molar-refractivity contribution is 8.13. The number of nitrogens with two attached hydrogens (primary N) is 1. The quantitative estimate of drug-likeness (QED) is 0.323. The van der Waals surface area contributed by atoms with Crippen LogP contribution in [0.25, 0.3) is 0 Å². The fourth-order valence-electron chi connectivity index (χ4n) is 0.750. The van der Waals surface area contributed by atoms with Crippen molar-refractivity contribution in [3.05, 3.63) is 0 Å². The van der Waals surface area contributed by atoms with Crippen LogP contribution in [0.15, 0.2) is 0 Å². The molecule has 0 aliphatic rings. The van der Waals surface area contributed by atoms with E-state index in [1.807, 2.05) is 0 Å². The number of amidine groups is 1. The number of nitrogens with one attached hydrogen (secondary N) is 1. The van der Waals surface area contributed by atoms with E-state index < -0.39 is 0 Å². The van der Waals surface area contributed by atoms with Gasteiger partial charge in [-0.2, -0.15) is 0 Å². The van der Waals surface area contributed by atoms with Crippen LogP contribution in [-0.4, -0.2) is 22.6 Å². The lowest BCUT2D eigenvalue weighted by atomic mass is 10.2. The van der Waals surface area contributed by atoms with Crippen LogP contribution in [0.4, 0.5) is 0 Å². The predicted molar refractivity (Wildman–Crippen MR) is 49.9 cm³/mol. The van der Waals surface area contributed by atoms with Crippen molar-refractivity contribution in [2.24, 2.45) is 5.73 Å². The largest absolute Gasteiger partial charge is 0.396 e. The molecule has 0 aromatic rings. The highest BCUT2D eigenvalue weighted by Gasteiger charge is 1.91. The second-order valence-electron chi connectivity index (χ2n) is 2.35. The second kappa shape index (κ2) is 7.88. The minimum Gasteiger partial charge on any atom is -0.396 e. The molecular formula is C7H16N2OS. The van der Waals surface area contributed by atoms with Crippen LogP contribution >= 0.6 is 11.8 Å². The van der Waals surface area contributed by atoms with Crippen LogP contribution < -0.4 is 5.73 Å². The summed E-state index contributed by atoms with van der Waals surface area (Å²) in [7, 11) is 0. The fourth-order valence-corrected chi connectivity index (χ4v) is 1.32. The summed E-state index contributed by atoms with van der Waals surface area (Å²) < 4.78 is 0. The molecule has 0 rings (SSSR count). The summed E-state index contributed by atoms with van der Waals surface area (Å²) in [5.41, 5.74) is 5.14. The van der Waals surface area contributed by atoms with E-state index in [-0.39, 0.29) is 5.17 Å². The Morgan fingerprint density at radius 1 is 1.27 bits per heavy atom. The first-order valence-corrected chi connectivity index (χ1v) is 4.83. The van der Waals surface area contributed by atoms with E-state index in [4.69, 9.17) is 16.2 Å². The Balaban J connectivity index is 2.85. The maximum atomic E-state index is 8.45. The van der Waals surface area contributed by atoms with Gasteiger partial charge in [-0.25, -0.2) is 0 Å². The van der Waals surface area contributed by atoms with E-state index in [0.29, 0.717) is 6.61 Å². The van der Waals surface area contributed by atoms with Crippen molar-refractivity contribution in [2.45, 2.75) is 25.7 Å². The number of thioether (sulfide) groups is 1. The smallest absolute Gasteiger partial charge is 0.151 e. The molecule has 3 nitrogen and oxygen atoms in total. The number of hydrogen-bond donors (Lipinski definition) is 3. The third-order valence-corrected chi connectivity index (χ3v) is 2.11. The third-order valence-electron chi connectivity index (χ3n) is 1.31. The average molecular weight is 176 g/mol. The maximum Gasteiger partial charge on any atom is 0.151 e. The summed E-state index contributed by atoms with van der Waals surface area (Å²) >= 11 is 1.39. The van der Waals surface area contributed by atoms with Crippen molar-refractivity contribution >= 4 is 16.9 Å². The van der Waals surface area contributed by atoms with Gasteiger partial charge in [0.2, 0.25) is 0 Å². The van der Waals surface area contributed by atoms with Gasteiger partial charge in [-0.3, -0.25) is 5.41 Å². The highest BCUT2D eigenvalue weighted by atomic mass is 32.2. The van der Waals surface area contributed by atoms with E-state index in [0.717, 1.165) is 31.4 Å². The van der Waals surface area contributed by atoms with Gasteiger partial charge in [-0.1, -0.05) is 24.6 Å². The first-order valence-electron chi connectivity index (χ1n) is 3.85.